The number of para-hydroxylation sites is 1. The van der Waals surface area contributed by atoms with Gasteiger partial charge in [0.2, 0.25) is 17.7 Å². The van der Waals surface area contributed by atoms with Crippen LogP contribution in [0.1, 0.15) is 56.1 Å². The highest BCUT2D eigenvalue weighted by atomic mass is 16.2. The zero-order valence-corrected chi connectivity index (χ0v) is 22.6. The summed E-state index contributed by atoms with van der Waals surface area (Å²) < 4.78 is 0. The topological polar surface area (TPSA) is 144 Å². The minimum Gasteiger partial charge on any atom is -0.361 e. The monoisotopic (exact) mass is 543 g/mol. The highest BCUT2D eigenvalue weighted by molar-refractivity contribution is 6.26. The first-order valence-corrected chi connectivity index (χ1v) is 13.9. The number of aromatic nitrogens is 1. The molecule has 0 spiro atoms. The fourth-order valence-corrected chi connectivity index (χ4v) is 5.19. The Morgan fingerprint density at radius 2 is 1.62 bits per heavy atom. The summed E-state index contributed by atoms with van der Waals surface area (Å²) in [7, 11) is 0. The van der Waals surface area contributed by atoms with Gasteiger partial charge in [0.1, 0.15) is 12.1 Å². The largest absolute Gasteiger partial charge is 0.361 e. The standard InChI is InChI=1S/C31H37N5O4/c32-18-24(37)15-16-27(30(39)34-19-21-9-3-1-4-10-21)35-31(40)28(36-29(38)22-11-5-2-6-12-22)17-23-20-33-26-14-8-7-13-25(23)26/h1,3-4,7-10,13-14,18,20,22,27-28,32-33H,2,5-6,11-12,15-17,19H2,(H,34,39)(H,35,40)(H,36,38)/t27-,28-/m0/s1. The van der Waals surface area contributed by atoms with E-state index in [4.69, 9.17) is 5.41 Å². The van der Waals surface area contributed by atoms with Crippen LogP contribution in [0.5, 0.6) is 0 Å². The molecule has 0 bridgehead atoms. The van der Waals surface area contributed by atoms with Gasteiger partial charge in [-0.1, -0.05) is 67.8 Å². The molecule has 0 saturated heterocycles. The fourth-order valence-electron chi connectivity index (χ4n) is 5.19. The van der Waals surface area contributed by atoms with Gasteiger partial charge in [-0.25, -0.2) is 0 Å². The number of Topliss-reactive ketones (excluding diaryl/α,β-unsaturated/α-hetero) is 1. The maximum Gasteiger partial charge on any atom is 0.243 e. The van der Waals surface area contributed by atoms with E-state index in [0.717, 1.165) is 54.1 Å². The van der Waals surface area contributed by atoms with Crippen molar-refractivity contribution in [2.45, 2.75) is 70.0 Å². The molecule has 3 aromatic rings. The SMILES string of the molecule is N=CC(=O)CC[C@H](NC(=O)[C@H](Cc1c[nH]c2ccccc12)NC(=O)C1CCCCC1)C(=O)NCc1ccccc1. The number of hydrogen-bond donors (Lipinski definition) is 5. The molecule has 0 aliphatic heterocycles. The molecule has 1 heterocycles. The Labute approximate surface area is 234 Å². The van der Waals surface area contributed by atoms with Gasteiger partial charge < -0.3 is 26.3 Å². The minimum absolute atomic E-state index is 0.0386. The predicted octanol–water partition coefficient (Wildman–Crippen LogP) is 3.58. The number of nitrogens with one attached hydrogen (secondary N) is 5. The number of H-pyrrole nitrogens is 1. The van der Waals surface area contributed by atoms with Gasteiger partial charge in [-0.15, -0.1) is 0 Å². The van der Waals surface area contributed by atoms with Gasteiger partial charge in [0.05, 0.1) is 6.21 Å². The number of hydrogen-bond acceptors (Lipinski definition) is 5. The van der Waals surface area contributed by atoms with Gasteiger partial charge in [0.25, 0.3) is 0 Å². The zero-order valence-electron chi connectivity index (χ0n) is 22.6. The van der Waals surface area contributed by atoms with Crippen molar-refractivity contribution in [2.24, 2.45) is 5.92 Å². The van der Waals surface area contributed by atoms with Crippen molar-refractivity contribution in [1.82, 2.24) is 20.9 Å². The summed E-state index contributed by atoms with van der Waals surface area (Å²) in [5.41, 5.74) is 2.70. The normalized spacial score (nSPS) is 15.1. The molecule has 9 heteroatoms. The fraction of sp³-hybridized carbons (Fsp3) is 0.387. The average Bonchev–Trinajstić information content (AvgIpc) is 3.40. The van der Waals surface area contributed by atoms with Crippen molar-refractivity contribution in [1.29, 1.82) is 5.41 Å². The first-order chi connectivity index (χ1) is 19.4. The number of amides is 3. The molecule has 1 saturated carbocycles. The van der Waals surface area contributed by atoms with Gasteiger partial charge in [-0.2, -0.15) is 0 Å². The van der Waals surface area contributed by atoms with E-state index in [1.807, 2.05) is 60.8 Å². The lowest BCUT2D eigenvalue weighted by Gasteiger charge is -2.26. The molecule has 3 amide bonds. The molecular formula is C31H37N5O4. The molecule has 2 aromatic carbocycles. The maximum absolute atomic E-state index is 13.7. The number of carbonyl (C=O) groups is 4. The summed E-state index contributed by atoms with van der Waals surface area (Å²) in [6, 6.07) is 15.2. The lowest BCUT2D eigenvalue weighted by molar-refractivity contribution is -0.133. The summed E-state index contributed by atoms with van der Waals surface area (Å²) in [5, 5.41) is 16.8. The van der Waals surface area contributed by atoms with Gasteiger partial charge in [0.15, 0.2) is 5.78 Å². The van der Waals surface area contributed by atoms with Crippen molar-refractivity contribution in [3.63, 3.8) is 0 Å². The van der Waals surface area contributed by atoms with Crippen molar-refractivity contribution >= 4 is 40.6 Å². The summed E-state index contributed by atoms with van der Waals surface area (Å²) in [6.45, 7) is 0.266. The van der Waals surface area contributed by atoms with Crippen LogP contribution in [0.15, 0.2) is 60.8 Å². The van der Waals surface area contributed by atoms with Crippen LogP contribution >= 0.6 is 0 Å². The van der Waals surface area contributed by atoms with Gasteiger partial charge in [-0.3, -0.25) is 19.2 Å². The Bertz CT molecular complexity index is 1330. The third-order valence-corrected chi connectivity index (χ3v) is 7.49. The van der Waals surface area contributed by atoms with Crippen molar-refractivity contribution in [2.75, 3.05) is 0 Å². The van der Waals surface area contributed by atoms with Gasteiger partial charge in [0, 0.05) is 42.4 Å². The second kappa shape index (κ2) is 14.2. The molecule has 1 aliphatic rings. The van der Waals surface area contributed by atoms with E-state index in [-0.39, 0.29) is 37.6 Å². The Kier molecular flexibility index (Phi) is 10.2. The molecule has 2 atom stereocenters. The van der Waals surface area contributed by atoms with Crippen LogP contribution in [0.3, 0.4) is 0 Å². The second-order valence-corrected chi connectivity index (χ2v) is 10.4. The van der Waals surface area contributed by atoms with Crippen molar-refractivity contribution < 1.29 is 19.2 Å². The van der Waals surface area contributed by atoms with E-state index in [1.54, 1.807) is 0 Å². The molecule has 9 nitrogen and oxygen atoms in total. The maximum atomic E-state index is 13.7. The van der Waals surface area contributed by atoms with Crippen molar-refractivity contribution in [3.8, 4) is 0 Å². The van der Waals surface area contributed by atoms with E-state index in [9.17, 15) is 19.2 Å². The number of aromatic amines is 1. The van der Waals surface area contributed by atoms with Crippen molar-refractivity contribution in [3.05, 3.63) is 71.9 Å². The van der Waals surface area contributed by atoms with Crippen LogP contribution < -0.4 is 16.0 Å². The highest BCUT2D eigenvalue weighted by Crippen LogP contribution is 2.24. The number of rotatable bonds is 13. The quantitative estimate of drug-likeness (QED) is 0.210. The molecule has 210 valence electrons. The first-order valence-electron chi connectivity index (χ1n) is 13.9. The van der Waals surface area contributed by atoms with Crippen LogP contribution in [0.4, 0.5) is 0 Å². The molecule has 4 rings (SSSR count). The lowest BCUT2D eigenvalue weighted by atomic mass is 9.88. The number of ketones is 1. The summed E-state index contributed by atoms with van der Waals surface area (Å²) in [5.74, 6) is -1.64. The Morgan fingerprint density at radius 1 is 0.900 bits per heavy atom. The molecule has 1 aromatic heterocycles. The number of fused-ring (bicyclic) bond motifs is 1. The van der Waals surface area contributed by atoms with Crippen LogP contribution in [-0.4, -0.2) is 46.8 Å². The number of carbonyl (C=O) groups excluding carboxylic acids is 4. The Balaban J connectivity index is 1.51. The van der Waals surface area contributed by atoms with E-state index in [1.165, 1.54) is 0 Å². The van der Waals surface area contributed by atoms with E-state index >= 15 is 0 Å². The minimum atomic E-state index is -1.00. The Hall–Kier alpha value is -4.27. The molecule has 5 N–H and O–H groups in total. The summed E-state index contributed by atoms with van der Waals surface area (Å²) in [6.07, 6.45) is 7.45. The molecule has 1 aliphatic carbocycles. The lowest BCUT2D eigenvalue weighted by Crippen LogP contribution is -2.55. The second-order valence-electron chi connectivity index (χ2n) is 10.4. The smallest absolute Gasteiger partial charge is 0.243 e. The average molecular weight is 544 g/mol. The van der Waals surface area contributed by atoms with Crippen LogP contribution in [-0.2, 0) is 32.1 Å². The van der Waals surface area contributed by atoms with Crippen LogP contribution in [0.25, 0.3) is 10.9 Å². The summed E-state index contributed by atoms with van der Waals surface area (Å²) >= 11 is 0. The van der Waals surface area contributed by atoms with E-state index < -0.39 is 29.7 Å². The van der Waals surface area contributed by atoms with Crippen LogP contribution in [0, 0.1) is 11.3 Å². The van der Waals surface area contributed by atoms with E-state index in [0.29, 0.717) is 6.21 Å². The third-order valence-electron chi connectivity index (χ3n) is 7.49. The molecule has 0 radical (unpaired) electrons. The molecule has 0 unspecified atom stereocenters. The van der Waals surface area contributed by atoms with Crippen LogP contribution in [0.2, 0.25) is 0 Å². The Morgan fingerprint density at radius 3 is 2.38 bits per heavy atom. The summed E-state index contributed by atoms with van der Waals surface area (Å²) in [4.78, 5) is 55.1. The molecule has 40 heavy (non-hydrogen) atoms. The zero-order chi connectivity index (χ0) is 28.3. The third kappa shape index (κ3) is 7.88. The highest BCUT2D eigenvalue weighted by Gasteiger charge is 2.30. The first kappa shape index (κ1) is 28.7. The number of benzene rings is 2. The molecular weight excluding hydrogens is 506 g/mol. The van der Waals surface area contributed by atoms with Gasteiger partial charge >= 0.3 is 0 Å². The molecule has 1 fully saturated rings. The van der Waals surface area contributed by atoms with E-state index in [2.05, 4.69) is 20.9 Å². The predicted molar refractivity (Wildman–Crippen MR) is 154 cm³/mol. The van der Waals surface area contributed by atoms with Gasteiger partial charge in [-0.05, 0) is 36.5 Å².